The van der Waals surface area contributed by atoms with Gasteiger partial charge in [0.1, 0.15) is 12.4 Å². The van der Waals surface area contributed by atoms with Crippen LogP contribution in [-0.2, 0) is 11.2 Å². The van der Waals surface area contributed by atoms with Gasteiger partial charge in [0.2, 0.25) is 5.91 Å². The van der Waals surface area contributed by atoms with Gasteiger partial charge >= 0.3 is 0 Å². The van der Waals surface area contributed by atoms with E-state index in [2.05, 4.69) is 33.1 Å². The van der Waals surface area contributed by atoms with Crippen LogP contribution < -0.4 is 20.7 Å². The van der Waals surface area contributed by atoms with Crippen LogP contribution >= 0.6 is 0 Å². The molecule has 144 valence electrons. The van der Waals surface area contributed by atoms with Gasteiger partial charge in [-0.05, 0) is 31.0 Å². The largest absolute Gasteiger partial charge is 0.492 e. The van der Waals surface area contributed by atoms with Gasteiger partial charge in [0, 0.05) is 31.8 Å². The summed E-state index contributed by atoms with van der Waals surface area (Å²) in [4.78, 5) is 15.7. The van der Waals surface area contributed by atoms with E-state index in [1.807, 2.05) is 43.3 Å². The molecule has 0 aromatic heterocycles. The maximum absolute atomic E-state index is 11.1. The zero-order valence-electron chi connectivity index (χ0n) is 16.0. The number of hydrogen-bond acceptors (Lipinski definition) is 3. The molecule has 2 aromatic carbocycles. The van der Waals surface area contributed by atoms with Crippen molar-refractivity contribution in [1.82, 2.24) is 10.6 Å². The third-order valence-electron chi connectivity index (χ3n) is 3.68. The van der Waals surface area contributed by atoms with E-state index in [1.54, 1.807) is 6.07 Å². The first kappa shape index (κ1) is 20.3. The minimum atomic E-state index is -0.101. The molecule has 3 N–H and O–H groups in total. The highest BCUT2D eigenvalue weighted by Crippen LogP contribution is 2.16. The molecule has 0 bridgehead atoms. The van der Waals surface area contributed by atoms with Crippen LogP contribution in [0.3, 0.4) is 0 Å². The molecule has 6 nitrogen and oxygen atoms in total. The van der Waals surface area contributed by atoms with E-state index in [0.717, 1.165) is 31.2 Å². The molecule has 0 aliphatic rings. The zero-order chi connectivity index (χ0) is 19.3. The number of rotatable bonds is 9. The zero-order valence-corrected chi connectivity index (χ0v) is 16.0. The smallest absolute Gasteiger partial charge is 0.221 e. The second kappa shape index (κ2) is 11.6. The Bertz CT molecular complexity index is 732. The van der Waals surface area contributed by atoms with Crippen molar-refractivity contribution in [2.75, 3.05) is 31.6 Å². The van der Waals surface area contributed by atoms with Crippen LogP contribution in [0.1, 0.15) is 19.4 Å². The lowest BCUT2D eigenvalue weighted by molar-refractivity contribution is -0.114. The molecule has 0 aliphatic heterocycles. The van der Waals surface area contributed by atoms with Gasteiger partial charge in [0.25, 0.3) is 0 Å². The molecular formula is C21H28N4O2. The van der Waals surface area contributed by atoms with E-state index in [9.17, 15) is 4.79 Å². The lowest BCUT2D eigenvalue weighted by Gasteiger charge is -2.12. The normalized spacial score (nSPS) is 11.0. The van der Waals surface area contributed by atoms with E-state index in [0.29, 0.717) is 18.9 Å². The first-order valence-electron chi connectivity index (χ1n) is 9.24. The molecule has 27 heavy (non-hydrogen) atoms. The number of carbonyl (C=O) groups is 1. The molecule has 2 aromatic rings. The van der Waals surface area contributed by atoms with Crippen molar-refractivity contribution in [2.24, 2.45) is 4.99 Å². The summed E-state index contributed by atoms with van der Waals surface area (Å²) in [7, 11) is 0. The molecule has 1 amide bonds. The first-order chi connectivity index (χ1) is 13.2. The molecule has 0 fully saturated rings. The SMILES string of the molecule is CCNC(=NCCc1ccccc1)NCCOc1cccc(NC(C)=O)c1. The topological polar surface area (TPSA) is 74.8 Å². The van der Waals surface area contributed by atoms with Crippen molar-refractivity contribution in [3.8, 4) is 5.75 Å². The highest BCUT2D eigenvalue weighted by atomic mass is 16.5. The minimum absolute atomic E-state index is 0.101. The number of aliphatic imine (C=N–C) groups is 1. The number of benzene rings is 2. The van der Waals surface area contributed by atoms with Gasteiger partial charge in [0.15, 0.2) is 5.96 Å². The third kappa shape index (κ3) is 8.27. The molecule has 0 aliphatic carbocycles. The average molecular weight is 368 g/mol. The molecule has 0 heterocycles. The summed E-state index contributed by atoms with van der Waals surface area (Å²) >= 11 is 0. The van der Waals surface area contributed by atoms with Crippen LogP contribution in [0.2, 0.25) is 0 Å². The van der Waals surface area contributed by atoms with Gasteiger partial charge in [-0.25, -0.2) is 0 Å². The molecule has 0 atom stereocenters. The Kier molecular flexibility index (Phi) is 8.69. The van der Waals surface area contributed by atoms with Crippen LogP contribution in [0, 0.1) is 0 Å². The second-order valence-electron chi connectivity index (χ2n) is 5.98. The molecule has 0 saturated heterocycles. The summed E-state index contributed by atoms with van der Waals surface area (Å²) < 4.78 is 5.73. The fraction of sp³-hybridized carbons (Fsp3) is 0.333. The van der Waals surface area contributed by atoms with Crippen molar-refractivity contribution in [3.63, 3.8) is 0 Å². The quantitative estimate of drug-likeness (QED) is 0.361. The highest BCUT2D eigenvalue weighted by Gasteiger charge is 2.00. The van der Waals surface area contributed by atoms with Crippen LogP contribution in [0.4, 0.5) is 5.69 Å². The summed E-state index contributed by atoms with van der Waals surface area (Å²) in [5.74, 6) is 1.40. The summed E-state index contributed by atoms with van der Waals surface area (Å²) in [6.45, 7) is 6.17. The first-order valence-corrected chi connectivity index (χ1v) is 9.24. The summed E-state index contributed by atoms with van der Waals surface area (Å²) in [6, 6.07) is 17.7. The Morgan fingerprint density at radius 3 is 2.63 bits per heavy atom. The number of ether oxygens (including phenoxy) is 1. The van der Waals surface area contributed by atoms with E-state index in [1.165, 1.54) is 12.5 Å². The molecule has 0 saturated carbocycles. The number of nitrogens with one attached hydrogen (secondary N) is 3. The molecule has 0 spiro atoms. The van der Waals surface area contributed by atoms with Gasteiger partial charge < -0.3 is 20.7 Å². The van der Waals surface area contributed by atoms with E-state index in [-0.39, 0.29) is 5.91 Å². The molecule has 6 heteroatoms. The lowest BCUT2D eigenvalue weighted by atomic mass is 10.2. The fourth-order valence-corrected chi connectivity index (χ4v) is 2.49. The van der Waals surface area contributed by atoms with Gasteiger partial charge in [-0.15, -0.1) is 0 Å². The van der Waals surface area contributed by atoms with Crippen molar-refractivity contribution in [1.29, 1.82) is 0 Å². The molecule has 0 unspecified atom stereocenters. The number of carbonyl (C=O) groups excluding carboxylic acids is 1. The van der Waals surface area contributed by atoms with Crippen LogP contribution in [-0.4, -0.2) is 38.1 Å². The fourth-order valence-electron chi connectivity index (χ4n) is 2.49. The standard InChI is InChI=1S/C21H28N4O2/c1-3-22-21(23-13-12-18-8-5-4-6-9-18)24-14-15-27-20-11-7-10-19(16-20)25-17(2)26/h4-11,16H,3,12-15H2,1-2H3,(H,25,26)(H2,22,23,24). The van der Waals surface area contributed by atoms with Crippen LogP contribution in [0.15, 0.2) is 59.6 Å². The minimum Gasteiger partial charge on any atom is -0.492 e. The number of anilines is 1. The number of amides is 1. The summed E-state index contributed by atoms with van der Waals surface area (Å²) in [6.07, 6.45) is 0.907. The lowest BCUT2D eigenvalue weighted by Crippen LogP contribution is -2.39. The van der Waals surface area contributed by atoms with Crippen LogP contribution in [0.25, 0.3) is 0 Å². The number of hydrogen-bond donors (Lipinski definition) is 3. The van der Waals surface area contributed by atoms with Crippen molar-refractivity contribution < 1.29 is 9.53 Å². The van der Waals surface area contributed by atoms with Gasteiger partial charge in [0.05, 0.1) is 6.54 Å². The van der Waals surface area contributed by atoms with E-state index < -0.39 is 0 Å². The number of guanidine groups is 1. The Labute approximate surface area is 161 Å². The maximum Gasteiger partial charge on any atom is 0.221 e. The average Bonchev–Trinajstić information content (AvgIpc) is 2.66. The van der Waals surface area contributed by atoms with E-state index >= 15 is 0 Å². The van der Waals surface area contributed by atoms with Gasteiger partial charge in [-0.3, -0.25) is 9.79 Å². The van der Waals surface area contributed by atoms with Gasteiger partial charge in [-0.1, -0.05) is 36.4 Å². The second-order valence-corrected chi connectivity index (χ2v) is 5.98. The third-order valence-corrected chi connectivity index (χ3v) is 3.68. The maximum atomic E-state index is 11.1. The predicted octanol–water partition coefficient (Wildman–Crippen LogP) is 2.82. The van der Waals surface area contributed by atoms with Crippen molar-refractivity contribution in [3.05, 3.63) is 60.2 Å². The monoisotopic (exact) mass is 368 g/mol. The molecule has 0 radical (unpaired) electrons. The Morgan fingerprint density at radius 2 is 1.89 bits per heavy atom. The van der Waals surface area contributed by atoms with E-state index in [4.69, 9.17) is 4.74 Å². The summed E-state index contributed by atoms with van der Waals surface area (Å²) in [5, 5.41) is 9.25. The summed E-state index contributed by atoms with van der Waals surface area (Å²) in [5.41, 5.74) is 2.00. The molecular weight excluding hydrogens is 340 g/mol. The Balaban J connectivity index is 1.75. The van der Waals surface area contributed by atoms with Gasteiger partial charge in [-0.2, -0.15) is 0 Å². The Hall–Kier alpha value is -3.02. The highest BCUT2D eigenvalue weighted by molar-refractivity contribution is 5.88. The van der Waals surface area contributed by atoms with Crippen molar-refractivity contribution in [2.45, 2.75) is 20.3 Å². The Morgan fingerprint density at radius 1 is 1.07 bits per heavy atom. The van der Waals surface area contributed by atoms with Crippen LogP contribution in [0.5, 0.6) is 5.75 Å². The predicted molar refractivity (Wildman–Crippen MR) is 110 cm³/mol. The number of nitrogens with zero attached hydrogens (tertiary/aromatic N) is 1. The molecule has 2 rings (SSSR count). The van der Waals surface area contributed by atoms with Crippen molar-refractivity contribution >= 4 is 17.6 Å².